The lowest BCUT2D eigenvalue weighted by molar-refractivity contribution is 0.0699. The molecule has 0 spiro atoms. The molecule has 176 valence electrons. The largest absolute Gasteiger partial charge is 0.486 e. The molecular formula is C25H25N3O5S. The normalized spacial score (nSPS) is 18.8. The highest BCUT2D eigenvalue weighted by atomic mass is 32.2. The van der Waals surface area contributed by atoms with Crippen molar-refractivity contribution in [2.24, 2.45) is 0 Å². The van der Waals surface area contributed by atoms with E-state index in [1.165, 1.54) is 10.4 Å². The van der Waals surface area contributed by atoms with E-state index in [0.717, 1.165) is 29.4 Å². The highest BCUT2D eigenvalue weighted by Gasteiger charge is 2.33. The molecule has 2 fully saturated rings. The van der Waals surface area contributed by atoms with E-state index in [-0.39, 0.29) is 23.9 Å². The Morgan fingerprint density at radius 1 is 0.912 bits per heavy atom. The van der Waals surface area contributed by atoms with Gasteiger partial charge in [0, 0.05) is 49.2 Å². The number of benzene rings is 2. The van der Waals surface area contributed by atoms with Crippen LogP contribution in [0.25, 0.3) is 10.9 Å². The number of rotatable bonds is 4. The second-order valence-electron chi connectivity index (χ2n) is 8.89. The van der Waals surface area contributed by atoms with Gasteiger partial charge >= 0.3 is 0 Å². The summed E-state index contributed by atoms with van der Waals surface area (Å²) in [5.41, 5.74) is 2.45. The second kappa shape index (κ2) is 8.25. The number of piperazine rings is 1. The van der Waals surface area contributed by atoms with E-state index in [9.17, 15) is 13.2 Å². The van der Waals surface area contributed by atoms with Crippen LogP contribution in [0.4, 0.5) is 0 Å². The molecule has 3 aliphatic rings. The van der Waals surface area contributed by atoms with Crippen LogP contribution in [0.15, 0.2) is 53.4 Å². The topological polar surface area (TPSA) is 89.0 Å². The quantitative estimate of drug-likeness (QED) is 0.572. The molecule has 34 heavy (non-hydrogen) atoms. The van der Waals surface area contributed by atoms with Gasteiger partial charge in [-0.3, -0.25) is 9.78 Å². The maximum Gasteiger partial charge on any atom is 0.254 e. The van der Waals surface area contributed by atoms with Gasteiger partial charge in [-0.15, -0.1) is 0 Å². The number of aromatic nitrogens is 1. The first kappa shape index (κ1) is 21.4. The highest BCUT2D eigenvalue weighted by molar-refractivity contribution is 7.89. The average molecular weight is 480 g/mol. The molecular weight excluding hydrogens is 454 g/mol. The van der Waals surface area contributed by atoms with Crippen LogP contribution in [0.2, 0.25) is 0 Å². The van der Waals surface area contributed by atoms with Crippen molar-refractivity contribution >= 4 is 26.8 Å². The van der Waals surface area contributed by atoms with E-state index < -0.39 is 10.0 Å². The Bertz CT molecular complexity index is 1380. The number of amides is 1. The zero-order valence-corrected chi connectivity index (χ0v) is 19.5. The molecule has 1 aliphatic carbocycles. The third-order valence-electron chi connectivity index (χ3n) is 6.64. The molecule has 0 N–H and O–H groups in total. The molecule has 8 nitrogen and oxygen atoms in total. The highest BCUT2D eigenvalue weighted by Crippen LogP contribution is 2.40. The smallest absolute Gasteiger partial charge is 0.254 e. The van der Waals surface area contributed by atoms with Crippen molar-refractivity contribution in [1.29, 1.82) is 0 Å². The third-order valence-corrected chi connectivity index (χ3v) is 8.53. The van der Waals surface area contributed by atoms with Crippen molar-refractivity contribution in [3.8, 4) is 11.5 Å². The van der Waals surface area contributed by atoms with E-state index in [0.29, 0.717) is 49.3 Å². The third kappa shape index (κ3) is 3.78. The number of ether oxygens (including phenoxy) is 2. The Balaban J connectivity index is 1.21. The van der Waals surface area contributed by atoms with Crippen molar-refractivity contribution in [3.05, 3.63) is 59.8 Å². The standard InChI is InChI=1S/C25H25N3O5S/c29-25(20-16-22(17-5-6-17)26-21-4-2-1-3-19(20)21)27-9-11-28(12-10-27)34(30,31)18-7-8-23-24(15-18)33-14-13-32-23/h1-4,7-8,15-17H,5-6,9-14H2. The number of carbonyl (C=O) groups is 1. The summed E-state index contributed by atoms with van der Waals surface area (Å²) in [7, 11) is -3.70. The molecule has 3 aromatic rings. The van der Waals surface area contributed by atoms with Crippen LogP contribution in [0, 0.1) is 0 Å². The summed E-state index contributed by atoms with van der Waals surface area (Å²) in [6.45, 7) is 1.98. The molecule has 0 bridgehead atoms. The van der Waals surface area contributed by atoms with Crippen molar-refractivity contribution in [2.75, 3.05) is 39.4 Å². The summed E-state index contributed by atoms with van der Waals surface area (Å²) in [5, 5.41) is 0.836. The van der Waals surface area contributed by atoms with Gasteiger partial charge in [0.15, 0.2) is 11.5 Å². The lowest BCUT2D eigenvalue weighted by atomic mass is 10.0. The average Bonchev–Trinajstić information content (AvgIpc) is 3.73. The van der Waals surface area contributed by atoms with Gasteiger partial charge in [-0.05, 0) is 37.1 Å². The first-order valence-electron chi connectivity index (χ1n) is 11.6. The maximum absolute atomic E-state index is 13.5. The van der Waals surface area contributed by atoms with Gasteiger partial charge in [-0.25, -0.2) is 8.42 Å². The number of pyridine rings is 1. The molecule has 1 aromatic heterocycles. The van der Waals surface area contributed by atoms with E-state index in [1.807, 2.05) is 30.3 Å². The first-order chi connectivity index (χ1) is 16.5. The fourth-order valence-electron chi connectivity index (χ4n) is 4.60. The summed E-state index contributed by atoms with van der Waals surface area (Å²) in [5.74, 6) is 1.36. The Kier molecular flexibility index (Phi) is 5.18. The molecule has 0 atom stereocenters. The Hall–Kier alpha value is -3.17. The minimum absolute atomic E-state index is 0.0723. The summed E-state index contributed by atoms with van der Waals surface area (Å²) < 4.78 is 38.9. The number of carbonyl (C=O) groups excluding carboxylic acids is 1. The maximum atomic E-state index is 13.5. The van der Waals surface area contributed by atoms with Crippen molar-refractivity contribution in [3.63, 3.8) is 0 Å². The minimum atomic E-state index is -3.70. The SMILES string of the molecule is O=C(c1cc(C2CC2)nc2ccccc12)N1CCN(S(=O)(=O)c2ccc3c(c2)OCCO3)CC1. The number of hydrogen-bond donors (Lipinski definition) is 0. The van der Waals surface area contributed by atoms with Gasteiger partial charge < -0.3 is 14.4 Å². The van der Waals surface area contributed by atoms with Crippen molar-refractivity contribution < 1.29 is 22.7 Å². The van der Waals surface area contributed by atoms with Gasteiger partial charge in [0.05, 0.1) is 16.0 Å². The lowest BCUT2D eigenvalue weighted by Crippen LogP contribution is -2.50. The van der Waals surface area contributed by atoms with Crippen LogP contribution in [-0.2, 0) is 10.0 Å². The summed E-state index contributed by atoms with van der Waals surface area (Å²) >= 11 is 0. The predicted octanol–water partition coefficient (Wildman–Crippen LogP) is 3.03. The van der Waals surface area contributed by atoms with Crippen LogP contribution in [0.3, 0.4) is 0 Å². The van der Waals surface area contributed by atoms with Crippen LogP contribution in [0.1, 0.15) is 34.8 Å². The number of fused-ring (bicyclic) bond motifs is 2. The van der Waals surface area contributed by atoms with Gasteiger partial charge in [-0.2, -0.15) is 4.31 Å². The van der Waals surface area contributed by atoms with E-state index in [4.69, 9.17) is 14.5 Å². The van der Waals surface area contributed by atoms with Crippen LogP contribution in [0.5, 0.6) is 11.5 Å². The van der Waals surface area contributed by atoms with Gasteiger partial charge in [0.2, 0.25) is 10.0 Å². The number of sulfonamides is 1. The fraction of sp³-hybridized carbons (Fsp3) is 0.360. The molecule has 1 saturated heterocycles. The van der Waals surface area contributed by atoms with Gasteiger partial charge in [0.1, 0.15) is 13.2 Å². The molecule has 6 rings (SSSR count). The number of nitrogens with zero attached hydrogens (tertiary/aromatic N) is 3. The van der Waals surface area contributed by atoms with Crippen molar-refractivity contribution in [2.45, 2.75) is 23.7 Å². The zero-order chi connectivity index (χ0) is 23.3. The summed E-state index contributed by atoms with van der Waals surface area (Å²) in [6.07, 6.45) is 2.21. The van der Waals surface area contributed by atoms with Gasteiger partial charge in [-0.1, -0.05) is 18.2 Å². The molecule has 0 radical (unpaired) electrons. The molecule has 2 aromatic carbocycles. The molecule has 1 saturated carbocycles. The van der Waals surface area contributed by atoms with E-state index in [1.54, 1.807) is 17.0 Å². The Morgan fingerprint density at radius 2 is 1.65 bits per heavy atom. The second-order valence-corrected chi connectivity index (χ2v) is 10.8. The minimum Gasteiger partial charge on any atom is -0.486 e. The number of para-hydroxylation sites is 1. The fourth-order valence-corrected chi connectivity index (χ4v) is 6.03. The monoisotopic (exact) mass is 479 g/mol. The first-order valence-corrected chi connectivity index (χ1v) is 13.0. The predicted molar refractivity (Wildman–Crippen MR) is 126 cm³/mol. The molecule has 1 amide bonds. The molecule has 0 unspecified atom stereocenters. The Morgan fingerprint density at radius 3 is 2.41 bits per heavy atom. The van der Waals surface area contributed by atoms with Crippen molar-refractivity contribution in [1.82, 2.24) is 14.2 Å². The summed E-state index contributed by atoms with van der Waals surface area (Å²) in [4.78, 5) is 20.2. The molecule has 9 heteroatoms. The lowest BCUT2D eigenvalue weighted by Gasteiger charge is -2.34. The molecule has 3 heterocycles. The van der Waals surface area contributed by atoms with Crippen LogP contribution in [-0.4, -0.2) is 67.9 Å². The van der Waals surface area contributed by atoms with Crippen LogP contribution >= 0.6 is 0 Å². The molecule has 2 aliphatic heterocycles. The number of hydrogen-bond acceptors (Lipinski definition) is 6. The van der Waals surface area contributed by atoms with E-state index in [2.05, 4.69) is 0 Å². The van der Waals surface area contributed by atoms with E-state index >= 15 is 0 Å². The Labute approximate surface area is 198 Å². The summed E-state index contributed by atoms with van der Waals surface area (Å²) in [6, 6.07) is 14.3. The van der Waals surface area contributed by atoms with Crippen LogP contribution < -0.4 is 9.47 Å². The van der Waals surface area contributed by atoms with Gasteiger partial charge in [0.25, 0.3) is 5.91 Å². The zero-order valence-electron chi connectivity index (χ0n) is 18.6.